The van der Waals surface area contributed by atoms with E-state index in [2.05, 4.69) is 61.9 Å². The molecule has 0 amide bonds. The number of anilines is 1. The number of hydrogen-bond donors (Lipinski definition) is 0. The normalized spacial score (nSPS) is 23.7. The van der Waals surface area contributed by atoms with Crippen molar-refractivity contribution in [3.8, 4) is 0 Å². The minimum atomic E-state index is 0.783. The number of hydrogen-bond acceptors (Lipinski definition) is 3. The number of likely N-dealkylation sites (tertiary alicyclic amines) is 1. The topological polar surface area (TPSA) is 19.4 Å². The highest BCUT2D eigenvalue weighted by molar-refractivity contribution is 9.10. The molecule has 2 aromatic rings. The summed E-state index contributed by atoms with van der Waals surface area (Å²) in [6, 6.07) is 10.2. The second kappa shape index (κ2) is 6.40. The van der Waals surface area contributed by atoms with E-state index in [0.29, 0.717) is 0 Å². The summed E-state index contributed by atoms with van der Waals surface area (Å²) < 4.78 is 1.09. The molecule has 2 aliphatic rings. The summed E-state index contributed by atoms with van der Waals surface area (Å²) in [5.41, 5.74) is 2.42. The largest absolute Gasteiger partial charge is 0.371 e. The monoisotopic (exact) mass is 373 g/mol. The smallest absolute Gasteiger partial charge is 0.0734 e. The van der Waals surface area contributed by atoms with Gasteiger partial charge in [0.25, 0.3) is 0 Å². The van der Waals surface area contributed by atoms with Crippen LogP contribution >= 0.6 is 15.9 Å². The van der Waals surface area contributed by atoms with Gasteiger partial charge in [-0.1, -0.05) is 15.9 Å². The maximum absolute atomic E-state index is 4.52. The lowest BCUT2D eigenvalue weighted by molar-refractivity contribution is 0.163. The molecule has 3 nitrogen and oxygen atoms in total. The van der Waals surface area contributed by atoms with Gasteiger partial charge in [0.05, 0.1) is 5.52 Å². The SMILES string of the molecule is CC1CCCN1C1CCN(c2ccnc3cc(Br)ccc23)CC1. The molecule has 1 unspecified atom stereocenters. The van der Waals surface area contributed by atoms with Gasteiger partial charge in [-0.05, 0) is 63.4 Å². The van der Waals surface area contributed by atoms with Gasteiger partial charge in [0.1, 0.15) is 0 Å². The van der Waals surface area contributed by atoms with Crippen LogP contribution < -0.4 is 4.90 Å². The first kappa shape index (κ1) is 15.4. The van der Waals surface area contributed by atoms with Gasteiger partial charge in [0.15, 0.2) is 0 Å². The molecular formula is C19H24BrN3. The molecule has 1 aromatic carbocycles. The van der Waals surface area contributed by atoms with Gasteiger partial charge in [-0.2, -0.15) is 0 Å². The number of benzene rings is 1. The highest BCUT2D eigenvalue weighted by Gasteiger charge is 2.30. The molecule has 0 radical (unpaired) electrons. The van der Waals surface area contributed by atoms with Crippen LogP contribution in [0.1, 0.15) is 32.6 Å². The van der Waals surface area contributed by atoms with E-state index in [1.54, 1.807) is 0 Å². The molecule has 0 aliphatic carbocycles. The van der Waals surface area contributed by atoms with E-state index in [4.69, 9.17) is 0 Å². The fourth-order valence-electron chi connectivity index (χ4n) is 4.32. The van der Waals surface area contributed by atoms with E-state index in [1.807, 2.05) is 6.20 Å². The molecule has 0 spiro atoms. The second-order valence-corrected chi connectivity index (χ2v) is 7.85. The Morgan fingerprint density at radius 1 is 1.09 bits per heavy atom. The number of rotatable bonds is 2. The molecule has 1 atom stereocenters. The van der Waals surface area contributed by atoms with E-state index >= 15 is 0 Å². The van der Waals surface area contributed by atoms with Crippen molar-refractivity contribution in [3.63, 3.8) is 0 Å². The maximum atomic E-state index is 4.52. The molecule has 3 heterocycles. The number of aromatic nitrogens is 1. The van der Waals surface area contributed by atoms with Crippen LogP contribution in [0, 0.1) is 0 Å². The summed E-state index contributed by atoms with van der Waals surface area (Å²) in [4.78, 5) is 9.82. The molecule has 4 rings (SSSR count). The first-order valence-corrected chi connectivity index (χ1v) is 9.56. The zero-order valence-electron chi connectivity index (χ0n) is 13.7. The lowest BCUT2D eigenvalue weighted by Gasteiger charge is -2.39. The van der Waals surface area contributed by atoms with Crippen LogP contribution in [0.25, 0.3) is 10.9 Å². The van der Waals surface area contributed by atoms with Crippen LogP contribution in [0.5, 0.6) is 0 Å². The molecule has 2 aliphatic heterocycles. The molecular weight excluding hydrogens is 350 g/mol. The third-order valence-electron chi connectivity index (χ3n) is 5.56. The Kier molecular flexibility index (Phi) is 4.29. The molecule has 4 heteroatoms. The Labute approximate surface area is 146 Å². The third kappa shape index (κ3) is 2.99. The van der Waals surface area contributed by atoms with E-state index in [9.17, 15) is 0 Å². The Hall–Kier alpha value is -1.13. The van der Waals surface area contributed by atoms with Crippen LogP contribution in [0.15, 0.2) is 34.9 Å². The van der Waals surface area contributed by atoms with Gasteiger partial charge in [-0.25, -0.2) is 0 Å². The van der Waals surface area contributed by atoms with E-state index < -0.39 is 0 Å². The molecule has 2 saturated heterocycles. The first-order valence-electron chi connectivity index (χ1n) is 8.77. The Bertz CT molecular complexity index is 694. The fraction of sp³-hybridized carbons (Fsp3) is 0.526. The van der Waals surface area contributed by atoms with Crippen molar-refractivity contribution in [2.24, 2.45) is 0 Å². The van der Waals surface area contributed by atoms with Crippen molar-refractivity contribution in [3.05, 3.63) is 34.9 Å². The molecule has 0 N–H and O–H groups in total. The first-order chi connectivity index (χ1) is 11.2. The van der Waals surface area contributed by atoms with Crippen molar-refractivity contribution >= 4 is 32.5 Å². The van der Waals surface area contributed by atoms with Gasteiger partial charge >= 0.3 is 0 Å². The summed E-state index contributed by atoms with van der Waals surface area (Å²) in [6.45, 7) is 6.01. The number of pyridine rings is 1. The zero-order chi connectivity index (χ0) is 15.8. The van der Waals surface area contributed by atoms with Gasteiger partial charge in [0.2, 0.25) is 0 Å². The molecule has 0 bridgehead atoms. The van der Waals surface area contributed by atoms with Gasteiger partial charge < -0.3 is 4.90 Å². The highest BCUT2D eigenvalue weighted by atomic mass is 79.9. The molecule has 2 fully saturated rings. The number of nitrogens with zero attached hydrogens (tertiary/aromatic N) is 3. The van der Waals surface area contributed by atoms with Gasteiger partial charge in [-0.15, -0.1) is 0 Å². The van der Waals surface area contributed by atoms with Crippen molar-refractivity contribution in [1.82, 2.24) is 9.88 Å². The van der Waals surface area contributed by atoms with Crippen LogP contribution in [0.3, 0.4) is 0 Å². The maximum Gasteiger partial charge on any atom is 0.0734 e. The average Bonchev–Trinajstić information content (AvgIpc) is 3.00. The molecule has 23 heavy (non-hydrogen) atoms. The van der Waals surface area contributed by atoms with Crippen LogP contribution in [0.4, 0.5) is 5.69 Å². The second-order valence-electron chi connectivity index (χ2n) is 6.94. The Morgan fingerprint density at radius 2 is 1.91 bits per heavy atom. The van der Waals surface area contributed by atoms with E-state index in [-0.39, 0.29) is 0 Å². The number of piperidine rings is 1. The minimum Gasteiger partial charge on any atom is -0.371 e. The number of halogens is 1. The quantitative estimate of drug-likeness (QED) is 0.774. The van der Waals surface area contributed by atoms with Crippen LogP contribution in [0.2, 0.25) is 0 Å². The van der Waals surface area contributed by atoms with Crippen LogP contribution in [-0.2, 0) is 0 Å². The number of fused-ring (bicyclic) bond motifs is 1. The Balaban J connectivity index is 1.52. The predicted molar refractivity (Wildman–Crippen MR) is 100 cm³/mol. The third-order valence-corrected chi connectivity index (χ3v) is 6.05. The summed E-state index contributed by atoms with van der Waals surface area (Å²) in [7, 11) is 0. The van der Waals surface area contributed by atoms with Gasteiger partial charge in [0, 0.05) is 46.9 Å². The average molecular weight is 374 g/mol. The van der Waals surface area contributed by atoms with E-state index in [0.717, 1.165) is 35.2 Å². The molecule has 1 aromatic heterocycles. The summed E-state index contributed by atoms with van der Waals surface area (Å²) >= 11 is 3.54. The van der Waals surface area contributed by atoms with Crippen molar-refractivity contribution in [2.45, 2.75) is 44.7 Å². The minimum absolute atomic E-state index is 0.783. The zero-order valence-corrected chi connectivity index (χ0v) is 15.3. The predicted octanol–water partition coefficient (Wildman–Crippen LogP) is 4.45. The van der Waals surface area contributed by atoms with Crippen molar-refractivity contribution < 1.29 is 0 Å². The summed E-state index contributed by atoms with van der Waals surface area (Å²) in [5.74, 6) is 0. The molecule has 122 valence electrons. The van der Waals surface area contributed by atoms with E-state index in [1.165, 1.54) is 43.3 Å². The Morgan fingerprint density at radius 3 is 2.65 bits per heavy atom. The van der Waals surface area contributed by atoms with Crippen molar-refractivity contribution in [2.75, 3.05) is 24.5 Å². The summed E-state index contributed by atoms with van der Waals surface area (Å²) in [6.07, 6.45) is 7.27. The lowest BCUT2D eigenvalue weighted by Crippen LogP contribution is -2.46. The van der Waals surface area contributed by atoms with Crippen LogP contribution in [-0.4, -0.2) is 41.6 Å². The van der Waals surface area contributed by atoms with Crippen molar-refractivity contribution in [1.29, 1.82) is 0 Å². The highest BCUT2D eigenvalue weighted by Crippen LogP contribution is 2.32. The lowest BCUT2D eigenvalue weighted by atomic mass is 10.0. The molecule has 0 saturated carbocycles. The summed E-state index contributed by atoms with van der Waals surface area (Å²) in [5, 5.41) is 1.27. The fourth-order valence-corrected chi connectivity index (χ4v) is 4.67. The van der Waals surface area contributed by atoms with Gasteiger partial charge in [-0.3, -0.25) is 9.88 Å². The standard InChI is InChI=1S/C19H24BrN3/c1-14-3-2-10-23(14)16-7-11-22(12-8-16)19-6-9-21-18-13-15(20)4-5-17(18)19/h4-6,9,13-14,16H,2-3,7-8,10-12H2,1H3.